The molecular formula is C30H32N4O2. The van der Waals surface area contributed by atoms with Crippen molar-refractivity contribution in [2.75, 3.05) is 20.2 Å². The molecule has 0 radical (unpaired) electrons. The van der Waals surface area contributed by atoms with Gasteiger partial charge in [0, 0.05) is 42.5 Å². The van der Waals surface area contributed by atoms with Crippen LogP contribution >= 0.6 is 0 Å². The summed E-state index contributed by atoms with van der Waals surface area (Å²) in [7, 11) is 2.14. The molecule has 1 amide bonds. The highest BCUT2D eigenvalue weighted by Gasteiger charge is 2.31. The Morgan fingerprint density at radius 1 is 1.08 bits per heavy atom. The van der Waals surface area contributed by atoms with E-state index in [0.29, 0.717) is 18.1 Å². The van der Waals surface area contributed by atoms with Crippen LogP contribution in [-0.4, -0.2) is 47.0 Å². The number of carbonyl (C=O) groups is 1. The van der Waals surface area contributed by atoms with Crippen molar-refractivity contribution in [1.29, 1.82) is 0 Å². The molecule has 1 saturated carbocycles. The van der Waals surface area contributed by atoms with Crippen molar-refractivity contribution in [3.8, 4) is 17.0 Å². The van der Waals surface area contributed by atoms with Gasteiger partial charge in [-0.05, 0) is 80.8 Å². The number of rotatable bonds is 9. The maximum absolute atomic E-state index is 13.4. The van der Waals surface area contributed by atoms with E-state index in [9.17, 15) is 4.79 Å². The second kappa shape index (κ2) is 10.9. The van der Waals surface area contributed by atoms with Crippen LogP contribution in [-0.2, 0) is 6.54 Å². The van der Waals surface area contributed by atoms with Crippen molar-refractivity contribution < 1.29 is 9.53 Å². The molecule has 2 heterocycles. The molecule has 0 atom stereocenters. The molecule has 6 nitrogen and oxygen atoms in total. The normalized spacial score (nSPS) is 17.1. The fourth-order valence-electron chi connectivity index (χ4n) is 4.97. The van der Waals surface area contributed by atoms with E-state index in [-0.39, 0.29) is 11.9 Å². The molecule has 1 N–H and O–H groups in total. The summed E-state index contributed by atoms with van der Waals surface area (Å²) in [5, 5.41) is 4.14. The molecule has 4 aromatic rings. The highest BCUT2D eigenvalue weighted by atomic mass is 16.5. The van der Waals surface area contributed by atoms with E-state index in [1.54, 1.807) is 6.20 Å². The zero-order valence-corrected chi connectivity index (χ0v) is 20.9. The molecule has 0 saturated heterocycles. The predicted octanol–water partition coefficient (Wildman–Crippen LogP) is 5.34. The molecule has 0 unspecified atom stereocenters. The van der Waals surface area contributed by atoms with Crippen LogP contribution in [0.15, 0.2) is 79.1 Å². The third-order valence-electron chi connectivity index (χ3n) is 6.74. The second-order valence-corrected chi connectivity index (χ2v) is 9.60. The zero-order chi connectivity index (χ0) is 24.9. The molecule has 0 spiro atoms. The van der Waals surface area contributed by atoms with Crippen LogP contribution in [0.1, 0.15) is 35.7 Å². The van der Waals surface area contributed by atoms with Gasteiger partial charge in [-0.25, -0.2) is 4.98 Å². The Labute approximate surface area is 212 Å². The van der Waals surface area contributed by atoms with Gasteiger partial charge < -0.3 is 15.0 Å². The first-order valence-electron chi connectivity index (χ1n) is 12.6. The summed E-state index contributed by atoms with van der Waals surface area (Å²) in [6.07, 6.45) is 5.71. The van der Waals surface area contributed by atoms with Crippen LogP contribution in [0.25, 0.3) is 22.2 Å². The van der Waals surface area contributed by atoms with E-state index in [1.165, 1.54) is 5.56 Å². The van der Waals surface area contributed by atoms with Crippen molar-refractivity contribution in [1.82, 2.24) is 20.2 Å². The molecule has 184 valence electrons. The summed E-state index contributed by atoms with van der Waals surface area (Å²) in [6.45, 7) is 4.50. The molecule has 2 aromatic carbocycles. The molecular weight excluding hydrogens is 448 g/mol. The van der Waals surface area contributed by atoms with Crippen LogP contribution in [0.2, 0.25) is 0 Å². The first-order valence-corrected chi connectivity index (χ1v) is 12.6. The number of benzene rings is 2. The highest BCUT2D eigenvalue weighted by Crippen LogP contribution is 2.30. The van der Waals surface area contributed by atoms with E-state index < -0.39 is 0 Å². The van der Waals surface area contributed by atoms with Gasteiger partial charge in [0.25, 0.3) is 5.91 Å². The van der Waals surface area contributed by atoms with E-state index in [1.807, 2.05) is 73.8 Å². The van der Waals surface area contributed by atoms with Gasteiger partial charge in [-0.15, -0.1) is 0 Å². The lowest BCUT2D eigenvalue weighted by Crippen LogP contribution is -2.47. The number of ether oxygens (including phenoxy) is 1. The fourth-order valence-corrected chi connectivity index (χ4v) is 4.97. The topological polar surface area (TPSA) is 67.3 Å². The lowest BCUT2D eigenvalue weighted by atomic mass is 9.79. The van der Waals surface area contributed by atoms with Crippen LogP contribution < -0.4 is 10.1 Å². The number of pyridine rings is 2. The predicted molar refractivity (Wildman–Crippen MR) is 143 cm³/mol. The lowest BCUT2D eigenvalue weighted by molar-refractivity contribution is 0.0868. The lowest BCUT2D eigenvalue weighted by Gasteiger charge is -2.38. The Balaban J connectivity index is 1.25. The van der Waals surface area contributed by atoms with Crippen molar-refractivity contribution in [2.45, 2.75) is 32.4 Å². The number of amides is 1. The van der Waals surface area contributed by atoms with Gasteiger partial charge in [0.1, 0.15) is 5.75 Å². The Bertz CT molecular complexity index is 1320. The van der Waals surface area contributed by atoms with Crippen molar-refractivity contribution in [2.24, 2.45) is 5.92 Å². The molecule has 1 fully saturated rings. The Hall–Kier alpha value is -3.77. The number of fused-ring (bicyclic) bond motifs is 1. The van der Waals surface area contributed by atoms with Gasteiger partial charge >= 0.3 is 0 Å². The van der Waals surface area contributed by atoms with E-state index in [4.69, 9.17) is 9.72 Å². The van der Waals surface area contributed by atoms with E-state index >= 15 is 0 Å². The van der Waals surface area contributed by atoms with Crippen LogP contribution in [0, 0.1) is 5.92 Å². The van der Waals surface area contributed by atoms with Crippen molar-refractivity contribution in [3.05, 3.63) is 90.3 Å². The van der Waals surface area contributed by atoms with Crippen LogP contribution in [0.3, 0.4) is 0 Å². The van der Waals surface area contributed by atoms with Crippen molar-refractivity contribution >= 4 is 16.8 Å². The van der Waals surface area contributed by atoms with Gasteiger partial charge in [0.2, 0.25) is 0 Å². The molecule has 0 aliphatic heterocycles. The minimum absolute atomic E-state index is 0.0343. The van der Waals surface area contributed by atoms with Gasteiger partial charge in [0.05, 0.1) is 23.4 Å². The van der Waals surface area contributed by atoms with Crippen LogP contribution in [0.4, 0.5) is 0 Å². The summed E-state index contributed by atoms with van der Waals surface area (Å²) in [4.78, 5) is 24.7. The molecule has 0 bridgehead atoms. The SMILES string of the molecule is CCOc1ccc(-c2cc(C(=O)NC3CC(CN(C)Cc4cccnc4)C3)c3ccccc3n2)cc1. The summed E-state index contributed by atoms with van der Waals surface area (Å²) in [5.41, 5.74) is 4.44. The third-order valence-corrected chi connectivity index (χ3v) is 6.74. The molecule has 5 rings (SSSR count). The number of carbonyl (C=O) groups excluding carboxylic acids is 1. The average Bonchev–Trinajstić information content (AvgIpc) is 2.88. The zero-order valence-electron chi connectivity index (χ0n) is 20.9. The molecule has 1 aliphatic carbocycles. The minimum atomic E-state index is -0.0343. The Morgan fingerprint density at radius 3 is 2.64 bits per heavy atom. The van der Waals surface area contributed by atoms with Gasteiger partial charge in [-0.2, -0.15) is 0 Å². The highest BCUT2D eigenvalue weighted by molar-refractivity contribution is 6.07. The smallest absolute Gasteiger partial charge is 0.252 e. The first kappa shape index (κ1) is 23.9. The standard InChI is InChI=1S/C30H32N4O2/c1-3-36-25-12-10-23(11-13-25)29-17-27(26-8-4-5-9-28(26)33-29)30(35)32-24-15-22(16-24)20-34(2)19-21-7-6-14-31-18-21/h4-14,17-18,22,24H,3,15-16,19-20H2,1-2H3,(H,32,35). The first-order chi connectivity index (χ1) is 17.6. The molecule has 1 aliphatic rings. The average molecular weight is 481 g/mol. The number of hydrogen-bond donors (Lipinski definition) is 1. The largest absolute Gasteiger partial charge is 0.494 e. The number of para-hydroxylation sites is 1. The summed E-state index contributed by atoms with van der Waals surface area (Å²) in [5.74, 6) is 1.38. The summed E-state index contributed by atoms with van der Waals surface area (Å²) in [6, 6.07) is 21.9. The maximum atomic E-state index is 13.4. The molecule has 2 aromatic heterocycles. The quantitative estimate of drug-likeness (QED) is 0.350. The molecule has 36 heavy (non-hydrogen) atoms. The van der Waals surface area contributed by atoms with Gasteiger partial charge in [0.15, 0.2) is 0 Å². The van der Waals surface area contributed by atoms with Crippen LogP contribution in [0.5, 0.6) is 5.75 Å². The second-order valence-electron chi connectivity index (χ2n) is 9.60. The third kappa shape index (κ3) is 5.55. The van der Waals surface area contributed by atoms with Gasteiger partial charge in [-0.3, -0.25) is 9.78 Å². The summed E-state index contributed by atoms with van der Waals surface area (Å²) >= 11 is 0. The fraction of sp³-hybridized carbons (Fsp3) is 0.300. The summed E-state index contributed by atoms with van der Waals surface area (Å²) < 4.78 is 5.56. The number of aromatic nitrogens is 2. The van der Waals surface area contributed by atoms with E-state index in [2.05, 4.69) is 28.3 Å². The minimum Gasteiger partial charge on any atom is -0.494 e. The maximum Gasteiger partial charge on any atom is 0.252 e. The Kier molecular flexibility index (Phi) is 7.23. The monoisotopic (exact) mass is 480 g/mol. The van der Waals surface area contributed by atoms with Crippen molar-refractivity contribution in [3.63, 3.8) is 0 Å². The van der Waals surface area contributed by atoms with Gasteiger partial charge in [-0.1, -0.05) is 24.3 Å². The number of nitrogens with zero attached hydrogens (tertiary/aromatic N) is 3. The number of nitrogens with one attached hydrogen (secondary N) is 1. The van der Waals surface area contributed by atoms with E-state index in [0.717, 1.165) is 53.8 Å². The Morgan fingerprint density at radius 2 is 1.89 bits per heavy atom. The molecule has 6 heteroatoms. The number of hydrogen-bond acceptors (Lipinski definition) is 5.